The number of nitrogen functional groups attached to an aromatic ring is 1. The van der Waals surface area contributed by atoms with Gasteiger partial charge in [-0.1, -0.05) is 0 Å². The summed E-state index contributed by atoms with van der Waals surface area (Å²) in [7, 11) is 0. The molecule has 0 aliphatic carbocycles. The number of carboxylic acid groups (broad SMARTS) is 1. The highest BCUT2D eigenvalue weighted by Crippen LogP contribution is 2.16. The molecule has 1 aromatic heterocycles. The minimum Gasteiger partial charge on any atom is -0.478 e. The van der Waals surface area contributed by atoms with E-state index in [1.54, 1.807) is 6.07 Å². The third-order valence-corrected chi connectivity index (χ3v) is 1.95. The minimum absolute atomic E-state index is 0.0583. The van der Waals surface area contributed by atoms with Gasteiger partial charge in [0.05, 0.1) is 11.3 Å². The third-order valence-electron chi connectivity index (χ3n) is 1.95. The second-order valence-electron chi connectivity index (χ2n) is 2.92. The summed E-state index contributed by atoms with van der Waals surface area (Å²) >= 11 is 0. The predicted molar refractivity (Wildman–Crippen MR) is 52.7 cm³/mol. The molecule has 0 spiro atoms. The zero-order valence-corrected chi connectivity index (χ0v) is 7.66. The fraction of sp³-hybridized carbons (Fsp3) is 0. The number of anilines is 1. The number of carboxylic acids is 1. The van der Waals surface area contributed by atoms with E-state index in [-0.39, 0.29) is 11.3 Å². The normalized spacial score (nSPS) is 10.1. The van der Waals surface area contributed by atoms with Crippen molar-refractivity contribution in [1.29, 1.82) is 0 Å². The standard InChI is InChI=1S/C9H8N4O2/c10-8-2-1-6(3-7(8)9(14)15)13-5-11-4-12-13/h1-5H,10H2,(H,14,15). The average Bonchev–Trinajstić information content (AvgIpc) is 2.71. The second-order valence-corrected chi connectivity index (χ2v) is 2.92. The molecular weight excluding hydrogens is 196 g/mol. The molecule has 0 bridgehead atoms. The van der Waals surface area contributed by atoms with E-state index >= 15 is 0 Å². The molecule has 0 saturated carbocycles. The first-order valence-electron chi connectivity index (χ1n) is 4.16. The van der Waals surface area contributed by atoms with Gasteiger partial charge >= 0.3 is 5.97 Å². The maximum Gasteiger partial charge on any atom is 0.337 e. The summed E-state index contributed by atoms with van der Waals surface area (Å²) in [6.07, 6.45) is 2.86. The summed E-state index contributed by atoms with van der Waals surface area (Å²) < 4.78 is 1.46. The van der Waals surface area contributed by atoms with E-state index in [2.05, 4.69) is 10.1 Å². The number of carbonyl (C=O) groups is 1. The summed E-state index contributed by atoms with van der Waals surface area (Å²) in [6.45, 7) is 0. The Morgan fingerprint density at radius 1 is 1.47 bits per heavy atom. The molecule has 76 valence electrons. The van der Waals surface area contributed by atoms with Crippen LogP contribution in [0.5, 0.6) is 0 Å². The Morgan fingerprint density at radius 3 is 2.87 bits per heavy atom. The van der Waals surface area contributed by atoms with Gasteiger partial charge in [-0.3, -0.25) is 0 Å². The highest BCUT2D eigenvalue weighted by molar-refractivity contribution is 5.94. The van der Waals surface area contributed by atoms with Crippen molar-refractivity contribution in [1.82, 2.24) is 14.8 Å². The van der Waals surface area contributed by atoms with Gasteiger partial charge in [0.2, 0.25) is 0 Å². The molecule has 0 radical (unpaired) electrons. The Morgan fingerprint density at radius 2 is 2.27 bits per heavy atom. The number of benzene rings is 1. The molecule has 0 aliphatic rings. The first-order valence-corrected chi connectivity index (χ1v) is 4.16. The van der Waals surface area contributed by atoms with Gasteiger partial charge < -0.3 is 10.8 Å². The second kappa shape index (κ2) is 3.41. The van der Waals surface area contributed by atoms with E-state index < -0.39 is 5.97 Å². The summed E-state index contributed by atoms with van der Waals surface area (Å²) in [4.78, 5) is 14.6. The SMILES string of the molecule is Nc1ccc(-n2cncn2)cc1C(=O)O. The van der Waals surface area contributed by atoms with Gasteiger partial charge in [-0.15, -0.1) is 0 Å². The Bertz CT molecular complexity index is 493. The molecule has 2 aromatic rings. The number of aromatic nitrogens is 3. The molecule has 0 saturated heterocycles. The van der Waals surface area contributed by atoms with Crippen molar-refractivity contribution < 1.29 is 9.90 Å². The van der Waals surface area contributed by atoms with Crippen molar-refractivity contribution in [3.63, 3.8) is 0 Å². The highest BCUT2D eigenvalue weighted by atomic mass is 16.4. The quantitative estimate of drug-likeness (QED) is 0.696. The summed E-state index contributed by atoms with van der Waals surface area (Å²) in [5, 5.41) is 12.8. The van der Waals surface area contributed by atoms with Gasteiger partial charge in [0.25, 0.3) is 0 Å². The number of hydrogen-bond donors (Lipinski definition) is 2. The van der Waals surface area contributed by atoms with Crippen molar-refractivity contribution >= 4 is 11.7 Å². The van der Waals surface area contributed by atoms with Gasteiger partial charge in [-0.25, -0.2) is 14.5 Å². The number of aromatic carboxylic acids is 1. The van der Waals surface area contributed by atoms with Gasteiger partial charge in [-0.05, 0) is 18.2 Å². The van der Waals surface area contributed by atoms with Crippen LogP contribution >= 0.6 is 0 Å². The number of nitrogens with zero attached hydrogens (tertiary/aromatic N) is 3. The molecular formula is C9H8N4O2. The number of rotatable bonds is 2. The van der Waals surface area contributed by atoms with Crippen molar-refractivity contribution in [2.45, 2.75) is 0 Å². The van der Waals surface area contributed by atoms with Gasteiger partial charge in [-0.2, -0.15) is 5.10 Å². The molecule has 0 unspecified atom stereocenters. The van der Waals surface area contributed by atoms with Gasteiger partial charge in [0.1, 0.15) is 12.7 Å². The Balaban J connectivity index is 2.52. The number of hydrogen-bond acceptors (Lipinski definition) is 4. The van der Waals surface area contributed by atoms with E-state index in [1.807, 2.05) is 0 Å². The van der Waals surface area contributed by atoms with Crippen LogP contribution in [-0.4, -0.2) is 25.8 Å². The lowest BCUT2D eigenvalue weighted by molar-refractivity contribution is 0.0698. The molecule has 0 amide bonds. The van der Waals surface area contributed by atoms with Crippen LogP contribution in [-0.2, 0) is 0 Å². The van der Waals surface area contributed by atoms with Crippen LogP contribution in [0, 0.1) is 0 Å². The van der Waals surface area contributed by atoms with Crippen LogP contribution < -0.4 is 5.73 Å². The van der Waals surface area contributed by atoms with Crippen LogP contribution in [0.4, 0.5) is 5.69 Å². The molecule has 0 atom stereocenters. The van der Waals surface area contributed by atoms with Gasteiger partial charge in [0, 0.05) is 5.69 Å². The highest BCUT2D eigenvalue weighted by Gasteiger charge is 2.09. The minimum atomic E-state index is -1.06. The maximum atomic E-state index is 10.8. The molecule has 0 aliphatic heterocycles. The largest absolute Gasteiger partial charge is 0.478 e. The lowest BCUT2D eigenvalue weighted by Crippen LogP contribution is -2.04. The molecule has 3 N–H and O–H groups in total. The monoisotopic (exact) mass is 204 g/mol. The van der Waals surface area contributed by atoms with Crippen LogP contribution in [0.3, 0.4) is 0 Å². The molecule has 1 heterocycles. The fourth-order valence-electron chi connectivity index (χ4n) is 1.21. The van der Waals surface area contributed by atoms with Gasteiger partial charge in [0.15, 0.2) is 0 Å². The molecule has 1 aromatic carbocycles. The van der Waals surface area contributed by atoms with Crippen molar-refractivity contribution in [3.8, 4) is 5.69 Å². The van der Waals surface area contributed by atoms with Crippen LogP contribution in [0.15, 0.2) is 30.9 Å². The van der Waals surface area contributed by atoms with E-state index in [0.717, 1.165) is 0 Å². The topological polar surface area (TPSA) is 94.0 Å². The lowest BCUT2D eigenvalue weighted by Gasteiger charge is -2.04. The summed E-state index contributed by atoms with van der Waals surface area (Å²) in [5.74, 6) is -1.06. The Labute approximate surface area is 85.0 Å². The van der Waals surface area contributed by atoms with E-state index in [1.165, 1.54) is 29.5 Å². The summed E-state index contributed by atoms with van der Waals surface area (Å²) in [5.41, 5.74) is 6.41. The van der Waals surface area contributed by atoms with Crippen LogP contribution in [0.25, 0.3) is 5.69 Å². The predicted octanol–water partition coefficient (Wildman–Crippen LogP) is 0.548. The van der Waals surface area contributed by atoms with Crippen molar-refractivity contribution in [2.75, 3.05) is 5.73 Å². The first kappa shape index (κ1) is 9.20. The molecule has 0 fully saturated rings. The Kier molecular flexibility index (Phi) is 2.09. The molecule has 6 heteroatoms. The smallest absolute Gasteiger partial charge is 0.337 e. The summed E-state index contributed by atoms with van der Waals surface area (Å²) in [6, 6.07) is 4.66. The van der Waals surface area contributed by atoms with E-state index in [0.29, 0.717) is 5.69 Å². The zero-order valence-electron chi connectivity index (χ0n) is 7.66. The lowest BCUT2D eigenvalue weighted by atomic mass is 10.1. The van der Waals surface area contributed by atoms with Crippen molar-refractivity contribution in [3.05, 3.63) is 36.4 Å². The fourth-order valence-corrected chi connectivity index (χ4v) is 1.21. The third kappa shape index (κ3) is 1.64. The average molecular weight is 204 g/mol. The molecule has 6 nitrogen and oxygen atoms in total. The first-order chi connectivity index (χ1) is 7.18. The van der Waals surface area contributed by atoms with Crippen molar-refractivity contribution in [2.24, 2.45) is 0 Å². The Hall–Kier alpha value is -2.37. The molecule has 15 heavy (non-hydrogen) atoms. The zero-order chi connectivity index (χ0) is 10.8. The maximum absolute atomic E-state index is 10.8. The van der Waals surface area contributed by atoms with E-state index in [9.17, 15) is 4.79 Å². The van der Waals surface area contributed by atoms with Crippen LogP contribution in [0.1, 0.15) is 10.4 Å². The molecule has 2 rings (SSSR count). The van der Waals surface area contributed by atoms with E-state index in [4.69, 9.17) is 10.8 Å². The van der Waals surface area contributed by atoms with Crippen LogP contribution in [0.2, 0.25) is 0 Å². The number of nitrogens with two attached hydrogens (primary N) is 1.